The van der Waals surface area contributed by atoms with Gasteiger partial charge >= 0.3 is 0 Å². The van der Waals surface area contributed by atoms with Crippen molar-refractivity contribution in [2.75, 3.05) is 17.7 Å². The Morgan fingerprint density at radius 3 is 2.62 bits per heavy atom. The van der Waals surface area contributed by atoms with Crippen LogP contribution in [-0.2, 0) is 4.79 Å². The van der Waals surface area contributed by atoms with Crippen LogP contribution in [0.1, 0.15) is 12.5 Å². The smallest absolute Gasteiger partial charge is 0.221 e. The van der Waals surface area contributed by atoms with E-state index in [4.69, 9.17) is 4.74 Å². The maximum Gasteiger partial charge on any atom is 0.221 e. The molecule has 0 unspecified atom stereocenters. The van der Waals surface area contributed by atoms with Crippen molar-refractivity contribution in [1.29, 1.82) is 0 Å². The van der Waals surface area contributed by atoms with Crippen LogP contribution >= 0.6 is 11.3 Å². The van der Waals surface area contributed by atoms with Gasteiger partial charge in [0.2, 0.25) is 5.91 Å². The van der Waals surface area contributed by atoms with Crippen molar-refractivity contribution >= 4 is 44.7 Å². The van der Waals surface area contributed by atoms with Gasteiger partial charge in [-0.05, 0) is 36.2 Å². The zero-order valence-electron chi connectivity index (χ0n) is 16.3. The van der Waals surface area contributed by atoms with E-state index in [0.717, 1.165) is 21.3 Å². The first-order valence-electron chi connectivity index (χ1n) is 9.09. The zero-order valence-corrected chi connectivity index (χ0v) is 17.1. The fourth-order valence-electron chi connectivity index (χ4n) is 3.25. The van der Waals surface area contributed by atoms with E-state index in [1.54, 1.807) is 30.8 Å². The van der Waals surface area contributed by atoms with Crippen LogP contribution in [0.3, 0.4) is 0 Å². The van der Waals surface area contributed by atoms with E-state index < -0.39 is 0 Å². The Hall–Kier alpha value is -3.45. The number of hydrogen-bond acceptors (Lipinski definition) is 6. The Morgan fingerprint density at radius 2 is 1.90 bits per heavy atom. The quantitative estimate of drug-likeness (QED) is 0.467. The molecule has 2 aromatic carbocycles. The molecule has 6 nitrogen and oxygen atoms in total. The van der Waals surface area contributed by atoms with E-state index in [2.05, 4.69) is 39.7 Å². The Morgan fingerprint density at radius 1 is 1.10 bits per heavy atom. The summed E-state index contributed by atoms with van der Waals surface area (Å²) in [5.74, 6) is 1.22. The number of fused-ring (bicyclic) bond motifs is 1. The molecule has 29 heavy (non-hydrogen) atoms. The molecule has 0 atom stereocenters. The summed E-state index contributed by atoms with van der Waals surface area (Å²) in [5.41, 5.74) is 3.67. The SMILES string of the molecule is COc1ccc(NC(C)=O)cc1Nc1ncnc2sc(-c3ccccc3)c(C)c12. The van der Waals surface area contributed by atoms with Crippen LogP contribution in [0.4, 0.5) is 17.2 Å². The lowest BCUT2D eigenvalue weighted by Crippen LogP contribution is -2.06. The molecule has 0 saturated carbocycles. The molecule has 7 heteroatoms. The summed E-state index contributed by atoms with van der Waals surface area (Å²) >= 11 is 1.64. The van der Waals surface area contributed by atoms with Crippen molar-refractivity contribution < 1.29 is 9.53 Å². The highest BCUT2D eigenvalue weighted by Gasteiger charge is 2.17. The average molecular weight is 404 g/mol. The standard InChI is InChI=1S/C22H20N4O2S/c1-13-19-21(26-17-11-16(25-14(2)27)9-10-18(17)28-3)23-12-24-22(19)29-20(13)15-7-5-4-6-8-15/h4-12H,1-3H3,(H,25,27)(H,23,24,26). The summed E-state index contributed by atoms with van der Waals surface area (Å²) in [5, 5.41) is 7.13. The predicted molar refractivity (Wildman–Crippen MR) is 118 cm³/mol. The van der Waals surface area contributed by atoms with Crippen LogP contribution in [0.2, 0.25) is 0 Å². The van der Waals surface area contributed by atoms with E-state index in [1.807, 2.05) is 30.3 Å². The van der Waals surface area contributed by atoms with Gasteiger partial charge in [-0.25, -0.2) is 9.97 Å². The molecule has 1 amide bonds. The van der Waals surface area contributed by atoms with Gasteiger partial charge in [0.1, 0.15) is 22.7 Å². The number of aromatic nitrogens is 2. The molecule has 0 bridgehead atoms. The molecule has 4 aromatic rings. The monoisotopic (exact) mass is 404 g/mol. The van der Waals surface area contributed by atoms with Gasteiger partial charge in [0, 0.05) is 17.5 Å². The second-order valence-electron chi connectivity index (χ2n) is 6.55. The lowest BCUT2D eigenvalue weighted by atomic mass is 10.1. The van der Waals surface area contributed by atoms with Crippen molar-refractivity contribution in [3.63, 3.8) is 0 Å². The van der Waals surface area contributed by atoms with E-state index in [1.165, 1.54) is 11.8 Å². The molecule has 0 fully saturated rings. The number of aryl methyl sites for hydroxylation is 1. The molecular formula is C22H20N4O2S. The first-order chi connectivity index (χ1) is 14.1. The third kappa shape index (κ3) is 3.77. The minimum absolute atomic E-state index is 0.133. The Bertz CT molecular complexity index is 1190. The number of anilines is 3. The lowest BCUT2D eigenvalue weighted by molar-refractivity contribution is -0.114. The number of ether oxygens (including phenoxy) is 1. The van der Waals surface area contributed by atoms with Crippen LogP contribution in [-0.4, -0.2) is 23.0 Å². The number of thiophene rings is 1. The molecule has 0 saturated heterocycles. The molecule has 0 aliphatic heterocycles. The third-order valence-corrected chi connectivity index (χ3v) is 5.78. The molecule has 4 rings (SSSR count). The fraction of sp³-hybridized carbons (Fsp3) is 0.136. The van der Waals surface area contributed by atoms with Crippen LogP contribution in [0.25, 0.3) is 20.7 Å². The maximum absolute atomic E-state index is 11.4. The number of nitrogens with zero attached hydrogens (tertiary/aromatic N) is 2. The topological polar surface area (TPSA) is 76.1 Å². The van der Waals surface area contributed by atoms with Crippen molar-refractivity contribution in [1.82, 2.24) is 9.97 Å². The highest BCUT2D eigenvalue weighted by molar-refractivity contribution is 7.22. The fourth-order valence-corrected chi connectivity index (χ4v) is 4.40. The van der Waals surface area contributed by atoms with Crippen molar-refractivity contribution in [3.05, 3.63) is 60.4 Å². The van der Waals surface area contributed by atoms with Gasteiger partial charge in [0.15, 0.2) is 0 Å². The highest BCUT2D eigenvalue weighted by Crippen LogP contribution is 2.41. The van der Waals surface area contributed by atoms with E-state index in [0.29, 0.717) is 22.9 Å². The lowest BCUT2D eigenvalue weighted by Gasteiger charge is -2.13. The number of benzene rings is 2. The summed E-state index contributed by atoms with van der Waals surface area (Å²) in [7, 11) is 1.61. The third-order valence-electron chi connectivity index (χ3n) is 4.54. The number of nitrogens with one attached hydrogen (secondary N) is 2. The predicted octanol–water partition coefficient (Wildman–Crippen LogP) is 5.38. The van der Waals surface area contributed by atoms with E-state index in [9.17, 15) is 4.79 Å². The molecule has 2 N–H and O–H groups in total. The Kier molecular flexibility index (Phi) is 5.14. The second kappa shape index (κ2) is 7.89. The second-order valence-corrected chi connectivity index (χ2v) is 7.54. The first kappa shape index (κ1) is 18.9. The molecular weight excluding hydrogens is 384 g/mol. The van der Waals surface area contributed by atoms with Crippen LogP contribution in [0.15, 0.2) is 54.9 Å². The Labute approximate surface area is 172 Å². The maximum atomic E-state index is 11.4. The summed E-state index contributed by atoms with van der Waals surface area (Å²) < 4.78 is 5.48. The van der Waals surface area contributed by atoms with Gasteiger partial charge in [0.25, 0.3) is 0 Å². The average Bonchev–Trinajstić information content (AvgIpc) is 3.06. The first-order valence-corrected chi connectivity index (χ1v) is 9.90. The van der Waals surface area contributed by atoms with Gasteiger partial charge in [-0.15, -0.1) is 11.3 Å². The molecule has 0 aliphatic carbocycles. The summed E-state index contributed by atoms with van der Waals surface area (Å²) in [6, 6.07) is 15.7. The normalized spacial score (nSPS) is 10.7. The van der Waals surface area contributed by atoms with E-state index >= 15 is 0 Å². The van der Waals surface area contributed by atoms with Crippen molar-refractivity contribution in [2.24, 2.45) is 0 Å². The number of carbonyl (C=O) groups is 1. The van der Waals surface area contributed by atoms with Crippen LogP contribution in [0, 0.1) is 6.92 Å². The van der Waals surface area contributed by atoms with Gasteiger partial charge in [-0.1, -0.05) is 30.3 Å². The van der Waals surface area contributed by atoms with Gasteiger partial charge in [-0.2, -0.15) is 0 Å². The zero-order chi connectivity index (χ0) is 20.4. The molecule has 2 heterocycles. The minimum atomic E-state index is -0.133. The molecule has 2 aromatic heterocycles. The van der Waals surface area contributed by atoms with Crippen molar-refractivity contribution in [2.45, 2.75) is 13.8 Å². The number of methoxy groups -OCH3 is 1. The minimum Gasteiger partial charge on any atom is -0.495 e. The molecule has 0 radical (unpaired) electrons. The van der Waals surface area contributed by atoms with Crippen LogP contribution < -0.4 is 15.4 Å². The summed E-state index contributed by atoms with van der Waals surface area (Å²) in [6.07, 6.45) is 1.56. The van der Waals surface area contributed by atoms with Gasteiger partial charge in [-0.3, -0.25) is 4.79 Å². The summed E-state index contributed by atoms with van der Waals surface area (Å²) in [6.45, 7) is 3.56. The van der Waals surface area contributed by atoms with Crippen molar-refractivity contribution in [3.8, 4) is 16.2 Å². The number of carbonyl (C=O) groups excluding carboxylic acids is 1. The highest BCUT2D eigenvalue weighted by atomic mass is 32.1. The largest absolute Gasteiger partial charge is 0.495 e. The number of hydrogen-bond donors (Lipinski definition) is 2. The van der Waals surface area contributed by atoms with Gasteiger partial charge < -0.3 is 15.4 Å². The summed E-state index contributed by atoms with van der Waals surface area (Å²) in [4.78, 5) is 22.4. The number of amides is 1. The van der Waals surface area contributed by atoms with Crippen LogP contribution in [0.5, 0.6) is 5.75 Å². The molecule has 146 valence electrons. The van der Waals surface area contributed by atoms with E-state index in [-0.39, 0.29) is 5.91 Å². The molecule has 0 spiro atoms. The number of rotatable bonds is 5. The van der Waals surface area contributed by atoms with Gasteiger partial charge in [0.05, 0.1) is 18.2 Å². The molecule has 0 aliphatic rings. The Balaban J connectivity index is 1.79.